The van der Waals surface area contributed by atoms with Crippen molar-refractivity contribution in [1.29, 1.82) is 0 Å². The van der Waals surface area contributed by atoms with Crippen molar-refractivity contribution in [1.82, 2.24) is 14.4 Å². The summed E-state index contributed by atoms with van der Waals surface area (Å²) < 4.78 is 33.1. The SMILES string of the molecule is O=S(=O)(c1ccccc1)N1CCCCC1c1nc(-c2ccccc2)no1. The van der Waals surface area contributed by atoms with E-state index in [0.29, 0.717) is 24.7 Å². The van der Waals surface area contributed by atoms with Gasteiger partial charge in [0.1, 0.15) is 6.04 Å². The van der Waals surface area contributed by atoms with Gasteiger partial charge in [-0.2, -0.15) is 9.29 Å². The van der Waals surface area contributed by atoms with Gasteiger partial charge in [-0.15, -0.1) is 0 Å². The van der Waals surface area contributed by atoms with Gasteiger partial charge in [0.25, 0.3) is 0 Å². The molecule has 1 aliphatic rings. The summed E-state index contributed by atoms with van der Waals surface area (Å²) in [6.45, 7) is 0.449. The second-order valence-electron chi connectivity index (χ2n) is 6.26. The van der Waals surface area contributed by atoms with Crippen LogP contribution in [-0.4, -0.2) is 29.4 Å². The van der Waals surface area contributed by atoms with Crippen LogP contribution < -0.4 is 0 Å². The molecular formula is C19H19N3O3S. The molecule has 2 heterocycles. The van der Waals surface area contributed by atoms with Crippen molar-refractivity contribution in [2.45, 2.75) is 30.2 Å². The summed E-state index contributed by atoms with van der Waals surface area (Å²) in [6, 6.07) is 17.6. The Morgan fingerprint density at radius 2 is 1.65 bits per heavy atom. The maximum atomic E-state index is 13.1. The third-order valence-electron chi connectivity index (χ3n) is 4.56. The van der Waals surface area contributed by atoms with Gasteiger partial charge in [0.2, 0.25) is 21.7 Å². The van der Waals surface area contributed by atoms with Crippen molar-refractivity contribution in [3.8, 4) is 11.4 Å². The summed E-state index contributed by atoms with van der Waals surface area (Å²) in [4.78, 5) is 4.76. The van der Waals surface area contributed by atoms with Gasteiger partial charge in [0, 0.05) is 12.1 Å². The summed E-state index contributed by atoms with van der Waals surface area (Å²) in [5, 5.41) is 4.04. The standard InChI is InChI=1S/C19H19N3O3S/c23-26(24,16-11-5-2-6-12-16)22-14-8-7-13-17(22)19-20-18(21-25-19)15-9-3-1-4-10-15/h1-6,9-12,17H,7-8,13-14H2. The number of benzene rings is 2. The summed E-state index contributed by atoms with van der Waals surface area (Å²) in [5.41, 5.74) is 0.843. The Bertz CT molecular complexity index is 972. The van der Waals surface area contributed by atoms with Gasteiger partial charge in [-0.05, 0) is 25.0 Å². The lowest BCUT2D eigenvalue weighted by atomic mass is 10.1. The molecule has 1 unspecified atom stereocenters. The minimum atomic E-state index is -3.61. The molecule has 0 amide bonds. The number of nitrogens with zero attached hydrogens (tertiary/aromatic N) is 3. The largest absolute Gasteiger partial charge is 0.337 e. The highest BCUT2D eigenvalue weighted by atomic mass is 32.2. The third kappa shape index (κ3) is 3.15. The van der Waals surface area contributed by atoms with Gasteiger partial charge in [0.15, 0.2) is 0 Å². The minimum Gasteiger partial charge on any atom is -0.337 e. The van der Waals surface area contributed by atoms with E-state index in [2.05, 4.69) is 10.1 Å². The highest BCUT2D eigenvalue weighted by Crippen LogP contribution is 2.35. The second kappa shape index (κ2) is 7.01. The quantitative estimate of drug-likeness (QED) is 0.701. The summed E-state index contributed by atoms with van der Waals surface area (Å²) >= 11 is 0. The molecule has 4 rings (SSSR count). The Morgan fingerprint density at radius 1 is 0.962 bits per heavy atom. The first-order chi connectivity index (χ1) is 12.7. The lowest BCUT2D eigenvalue weighted by molar-refractivity contribution is 0.204. The van der Waals surface area contributed by atoms with Gasteiger partial charge in [-0.25, -0.2) is 8.42 Å². The molecular weight excluding hydrogens is 350 g/mol. The molecule has 0 aliphatic carbocycles. The monoisotopic (exact) mass is 369 g/mol. The molecule has 3 aromatic rings. The molecule has 0 bridgehead atoms. The molecule has 1 aliphatic heterocycles. The molecule has 0 radical (unpaired) electrons. The van der Waals surface area contributed by atoms with E-state index in [-0.39, 0.29) is 4.90 Å². The van der Waals surface area contributed by atoms with Crippen molar-refractivity contribution in [3.63, 3.8) is 0 Å². The molecule has 0 N–H and O–H groups in total. The maximum Gasteiger partial charge on any atom is 0.245 e. The Kier molecular flexibility index (Phi) is 4.57. The molecule has 1 atom stereocenters. The molecule has 7 heteroatoms. The normalized spacial score (nSPS) is 18.7. The smallest absolute Gasteiger partial charge is 0.245 e. The Labute approximate surface area is 152 Å². The van der Waals surface area contributed by atoms with E-state index < -0.39 is 16.1 Å². The van der Waals surface area contributed by atoms with Crippen LogP contribution in [0.2, 0.25) is 0 Å². The van der Waals surface area contributed by atoms with Crippen LogP contribution in [0, 0.1) is 0 Å². The maximum absolute atomic E-state index is 13.1. The lowest BCUT2D eigenvalue weighted by Gasteiger charge is -2.32. The number of hydrogen-bond acceptors (Lipinski definition) is 5. The van der Waals surface area contributed by atoms with Crippen LogP contribution >= 0.6 is 0 Å². The highest BCUT2D eigenvalue weighted by Gasteiger charge is 2.37. The van der Waals surface area contributed by atoms with Crippen LogP contribution in [0.4, 0.5) is 0 Å². The van der Waals surface area contributed by atoms with Crippen LogP contribution in [0.1, 0.15) is 31.2 Å². The van der Waals surface area contributed by atoms with Crippen LogP contribution in [0.25, 0.3) is 11.4 Å². The predicted molar refractivity (Wildman–Crippen MR) is 96.7 cm³/mol. The van der Waals surface area contributed by atoms with Crippen molar-refractivity contribution in [3.05, 3.63) is 66.6 Å². The van der Waals surface area contributed by atoms with E-state index in [0.717, 1.165) is 18.4 Å². The van der Waals surface area contributed by atoms with Gasteiger partial charge < -0.3 is 4.52 Å². The number of aromatic nitrogens is 2. The van der Waals surface area contributed by atoms with E-state index in [1.54, 1.807) is 30.3 Å². The van der Waals surface area contributed by atoms with Crippen LogP contribution in [0.15, 0.2) is 70.1 Å². The number of sulfonamides is 1. The van der Waals surface area contributed by atoms with Crippen molar-refractivity contribution in [2.75, 3.05) is 6.54 Å². The average molecular weight is 369 g/mol. The van der Waals surface area contributed by atoms with Crippen LogP contribution in [0.3, 0.4) is 0 Å². The molecule has 0 saturated carbocycles. The zero-order valence-corrected chi connectivity index (χ0v) is 15.0. The van der Waals surface area contributed by atoms with Crippen LogP contribution in [0.5, 0.6) is 0 Å². The first-order valence-electron chi connectivity index (χ1n) is 8.62. The molecule has 1 saturated heterocycles. The van der Waals surface area contributed by atoms with E-state index in [1.807, 2.05) is 30.3 Å². The van der Waals surface area contributed by atoms with Gasteiger partial charge >= 0.3 is 0 Å². The molecule has 1 fully saturated rings. The van der Waals surface area contributed by atoms with Gasteiger partial charge in [-0.1, -0.05) is 60.1 Å². The van der Waals surface area contributed by atoms with Crippen molar-refractivity contribution < 1.29 is 12.9 Å². The van der Waals surface area contributed by atoms with Gasteiger partial charge in [0.05, 0.1) is 4.90 Å². The summed E-state index contributed by atoms with van der Waals surface area (Å²) in [6.07, 6.45) is 2.42. The summed E-state index contributed by atoms with van der Waals surface area (Å²) in [7, 11) is -3.61. The topological polar surface area (TPSA) is 76.3 Å². The first kappa shape index (κ1) is 16.9. The van der Waals surface area contributed by atoms with Crippen molar-refractivity contribution >= 4 is 10.0 Å². The molecule has 0 spiro atoms. The molecule has 2 aromatic carbocycles. The number of hydrogen-bond donors (Lipinski definition) is 0. The van der Waals surface area contributed by atoms with Gasteiger partial charge in [-0.3, -0.25) is 0 Å². The van der Waals surface area contributed by atoms with E-state index in [4.69, 9.17) is 4.52 Å². The lowest BCUT2D eigenvalue weighted by Crippen LogP contribution is -2.38. The fourth-order valence-corrected chi connectivity index (χ4v) is 4.91. The highest BCUT2D eigenvalue weighted by molar-refractivity contribution is 7.89. The second-order valence-corrected chi connectivity index (χ2v) is 8.15. The number of rotatable bonds is 4. The Morgan fingerprint density at radius 3 is 2.38 bits per heavy atom. The van der Waals surface area contributed by atoms with E-state index in [1.165, 1.54) is 4.31 Å². The third-order valence-corrected chi connectivity index (χ3v) is 6.48. The Balaban J connectivity index is 1.68. The van der Waals surface area contributed by atoms with E-state index in [9.17, 15) is 8.42 Å². The first-order valence-corrected chi connectivity index (χ1v) is 10.1. The number of piperidine rings is 1. The molecule has 1 aromatic heterocycles. The molecule has 6 nitrogen and oxygen atoms in total. The fraction of sp³-hybridized carbons (Fsp3) is 0.263. The van der Waals surface area contributed by atoms with Crippen LogP contribution in [-0.2, 0) is 10.0 Å². The van der Waals surface area contributed by atoms with Crippen molar-refractivity contribution in [2.24, 2.45) is 0 Å². The Hall–Kier alpha value is -2.51. The zero-order valence-electron chi connectivity index (χ0n) is 14.2. The zero-order chi connectivity index (χ0) is 18.0. The molecule has 134 valence electrons. The average Bonchev–Trinajstić information content (AvgIpc) is 3.19. The predicted octanol–water partition coefficient (Wildman–Crippen LogP) is 3.65. The summed E-state index contributed by atoms with van der Waals surface area (Å²) in [5.74, 6) is 0.825. The van der Waals surface area contributed by atoms with E-state index >= 15 is 0 Å². The minimum absolute atomic E-state index is 0.287. The molecule has 26 heavy (non-hydrogen) atoms. The fourth-order valence-electron chi connectivity index (χ4n) is 3.24.